The van der Waals surface area contributed by atoms with Crippen molar-refractivity contribution in [3.8, 4) is 11.3 Å². The number of hydrogen-bond donors (Lipinski definition) is 2. The van der Waals surface area contributed by atoms with Crippen LogP contribution in [0.2, 0.25) is 0 Å². The number of aryl methyl sites for hydroxylation is 1. The molecule has 0 aliphatic rings. The van der Waals surface area contributed by atoms with Gasteiger partial charge in [-0.1, -0.05) is 6.07 Å². The Morgan fingerprint density at radius 1 is 0.971 bits per heavy atom. The van der Waals surface area contributed by atoms with Crippen molar-refractivity contribution in [3.63, 3.8) is 0 Å². The van der Waals surface area contributed by atoms with Crippen molar-refractivity contribution in [3.05, 3.63) is 95.8 Å². The van der Waals surface area contributed by atoms with Crippen LogP contribution in [0.3, 0.4) is 0 Å². The average Bonchev–Trinajstić information content (AvgIpc) is 2.82. The highest BCUT2D eigenvalue weighted by atomic mass is 19.4. The Labute approximate surface area is 191 Å². The molecule has 4 aromatic rings. The zero-order valence-corrected chi connectivity index (χ0v) is 17.7. The summed E-state index contributed by atoms with van der Waals surface area (Å²) in [5, 5.41) is 5.56. The van der Waals surface area contributed by atoms with E-state index in [1.54, 1.807) is 36.7 Å². The zero-order valence-electron chi connectivity index (χ0n) is 17.7. The largest absolute Gasteiger partial charge is 0.419 e. The van der Waals surface area contributed by atoms with Crippen LogP contribution in [-0.2, 0) is 6.18 Å². The highest BCUT2D eigenvalue weighted by molar-refractivity contribution is 6.05. The minimum Gasteiger partial charge on any atom is -0.339 e. The van der Waals surface area contributed by atoms with E-state index in [9.17, 15) is 22.4 Å². The minimum atomic E-state index is -4.88. The summed E-state index contributed by atoms with van der Waals surface area (Å²) in [6, 6.07) is 12.4. The third-order valence-electron chi connectivity index (χ3n) is 4.95. The molecular formula is C24H17F4N5O. The molecule has 2 aromatic carbocycles. The van der Waals surface area contributed by atoms with E-state index in [4.69, 9.17) is 0 Å². The molecule has 0 radical (unpaired) electrons. The molecule has 6 nitrogen and oxygen atoms in total. The summed E-state index contributed by atoms with van der Waals surface area (Å²) in [5.74, 6) is -1.57. The van der Waals surface area contributed by atoms with Crippen LogP contribution in [0.25, 0.3) is 11.3 Å². The van der Waals surface area contributed by atoms with E-state index in [0.29, 0.717) is 34.9 Å². The third-order valence-corrected chi connectivity index (χ3v) is 4.95. The molecule has 0 saturated heterocycles. The van der Waals surface area contributed by atoms with Gasteiger partial charge < -0.3 is 10.6 Å². The summed E-state index contributed by atoms with van der Waals surface area (Å²) in [6.07, 6.45) is -0.252. The number of carbonyl (C=O) groups is 1. The smallest absolute Gasteiger partial charge is 0.339 e. The monoisotopic (exact) mass is 467 g/mol. The van der Waals surface area contributed by atoms with Crippen LogP contribution in [0.15, 0.2) is 73.3 Å². The fourth-order valence-corrected chi connectivity index (χ4v) is 3.21. The number of hydrogen-bond acceptors (Lipinski definition) is 5. The Morgan fingerprint density at radius 3 is 2.53 bits per heavy atom. The molecule has 0 atom stereocenters. The van der Waals surface area contributed by atoms with Gasteiger partial charge in [0.2, 0.25) is 0 Å². The predicted octanol–water partition coefficient (Wildman–Crippen LogP) is 6.00. The van der Waals surface area contributed by atoms with Crippen LogP contribution in [0.5, 0.6) is 0 Å². The standard InChI is InChI=1S/C24H17F4N5O/c1-14-4-5-15(23(34)32-16-6-7-19(25)18(12-16)24(26,27)28)11-21(14)33-22-17(3-2-9-30-22)20-8-10-29-13-31-20/h2-13H,1H3,(H,30,33)(H,32,34). The van der Waals surface area contributed by atoms with Crippen molar-refractivity contribution in [2.45, 2.75) is 13.1 Å². The van der Waals surface area contributed by atoms with Gasteiger partial charge in [0.25, 0.3) is 5.91 Å². The van der Waals surface area contributed by atoms with Crippen LogP contribution < -0.4 is 10.6 Å². The molecule has 0 unspecified atom stereocenters. The van der Waals surface area contributed by atoms with Crippen molar-refractivity contribution in [1.82, 2.24) is 15.0 Å². The van der Waals surface area contributed by atoms with Crippen LogP contribution in [0, 0.1) is 12.7 Å². The average molecular weight is 467 g/mol. The summed E-state index contributed by atoms with van der Waals surface area (Å²) >= 11 is 0. The first-order valence-corrected chi connectivity index (χ1v) is 9.99. The number of anilines is 3. The van der Waals surface area contributed by atoms with E-state index in [-0.39, 0.29) is 11.3 Å². The summed E-state index contributed by atoms with van der Waals surface area (Å²) in [7, 11) is 0. The number of pyridine rings is 1. The van der Waals surface area contributed by atoms with Gasteiger partial charge in [0.15, 0.2) is 0 Å². The van der Waals surface area contributed by atoms with E-state index < -0.39 is 23.5 Å². The second kappa shape index (κ2) is 9.26. The molecule has 2 heterocycles. The molecule has 0 aliphatic carbocycles. The zero-order chi connectivity index (χ0) is 24.3. The lowest BCUT2D eigenvalue weighted by atomic mass is 10.1. The highest BCUT2D eigenvalue weighted by Gasteiger charge is 2.34. The first kappa shape index (κ1) is 22.8. The second-order valence-corrected chi connectivity index (χ2v) is 7.30. The van der Waals surface area contributed by atoms with Gasteiger partial charge in [0, 0.05) is 34.9 Å². The lowest BCUT2D eigenvalue weighted by Crippen LogP contribution is -2.14. The lowest BCUT2D eigenvalue weighted by Gasteiger charge is -2.14. The van der Waals surface area contributed by atoms with Crippen molar-refractivity contribution in [1.29, 1.82) is 0 Å². The molecule has 2 aromatic heterocycles. The Morgan fingerprint density at radius 2 is 1.79 bits per heavy atom. The Balaban J connectivity index is 1.60. The van der Waals surface area contributed by atoms with Gasteiger partial charge in [-0.3, -0.25) is 4.79 Å². The molecule has 0 bridgehead atoms. The first-order chi connectivity index (χ1) is 16.2. The molecule has 4 rings (SSSR count). The number of benzene rings is 2. The number of halogens is 4. The summed E-state index contributed by atoms with van der Waals surface area (Å²) in [4.78, 5) is 25.2. The molecular weight excluding hydrogens is 450 g/mol. The van der Waals surface area contributed by atoms with Gasteiger partial charge >= 0.3 is 6.18 Å². The number of alkyl halides is 3. The van der Waals surface area contributed by atoms with Crippen LogP contribution in [0.4, 0.5) is 34.8 Å². The van der Waals surface area contributed by atoms with E-state index >= 15 is 0 Å². The van der Waals surface area contributed by atoms with Gasteiger partial charge in [-0.25, -0.2) is 19.3 Å². The normalized spacial score (nSPS) is 11.2. The molecule has 10 heteroatoms. The molecule has 0 fully saturated rings. The van der Waals surface area contributed by atoms with Crippen LogP contribution >= 0.6 is 0 Å². The number of rotatable bonds is 5. The van der Waals surface area contributed by atoms with E-state index in [0.717, 1.165) is 11.6 Å². The van der Waals surface area contributed by atoms with Gasteiger partial charge in [0.05, 0.1) is 11.3 Å². The Kier molecular flexibility index (Phi) is 6.22. The summed E-state index contributed by atoms with van der Waals surface area (Å²) in [6.45, 7) is 1.83. The topological polar surface area (TPSA) is 79.8 Å². The predicted molar refractivity (Wildman–Crippen MR) is 119 cm³/mol. The Bertz CT molecular complexity index is 1340. The lowest BCUT2D eigenvalue weighted by molar-refractivity contribution is -0.139. The van der Waals surface area contributed by atoms with Crippen molar-refractivity contribution < 1.29 is 22.4 Å². The number of nitrogens with zero attached hydrogens (tertiary/aromatic N) is 3. The molecule has 172 valence electrons. The van der Waals surface area contributed by atoms with Crippen molar-refractivity contribution >= 4 is 23.1 Å². The van der Waals surface area contributed by atoms with Gasteiger partial charge in [0.1, 0.15) is 18.0 Å². The maximum atomic E-state index is 13.5. The maximum Gasteiger partial charge on any atom is 0.419 e. The fraction of sp³-hybridized carbons (Fsp3) is 0.0833. The number of carbonyl (C=O) groups excluding carboxylic acids is 1. The second-order valence-electron chi connectivity index (χ2n) is 7.30. The summed E-state index contributed by atoms with van der Waals surface area (Å²) in [5.41, 5.74) is 1.28. The quantitative estimate of drug-likeness (QED) is 0.352. The summed E-state index contributed by atoms with van der Waals surface area (Å²) < 4.78 is 52.5. The minimum absolute atomic E-state index is 0.176. The van der Waals surface area contributed by atoms with Gasteiger partial charge in [-0.15, -0.1) is 0 Å². The third kappa shape index (κ3) is 5.01. The molecule has 34 heavy (non-hydrogen) atoms. The molecule has 1 amide bonds. The van der Waals surface area contributed by atoms with E-state index in [1.165, 1.54) is 12.4 Å². The van der Waals surface area contributed by atoms with Crippen LogP contribution in [-0.4, -0.2) is 20.9 Å². The number of nitrogens with one attached hydrogen (secondary N) is 2. The fourth-order valence-electron chi connectivity index (χ4n) is 3.21. The van der Waals surface area contributed by atoms with E-state index in [2.05, 4.69) is 25.6 Å². The SMILES string of the molecule is Cc1ccc(C(=O)Nc2ccc(F)c(C(F)(F)F)c2)cc1Nc1ncccc1-c1ccncn1. The molecule has 0 aliphatic heterocycles. The number of amides is 1. The van der Waals surface area contributed by atoms with Crippen molar-refractivity contribution in [2.24, 2.45) is 0 Å². The van der Waals surface area contributed by atoms with Gasteiger partial charge in [-0.2, -0.15) is 13.2 Å². The van der Waals surface area contributed by atoms with Crippen LogP contribution in [0.1, 0.15) is 21.5 Å². The van der Waals surface area contributed by atoms with Crippen molar-refractivity contribution in [2.75, 3.05) is 10.6 Å². The first-order valence-electron chi connectivity index (χ1n) is 9.99. The molecule has 0 saturated carbocycles. The molecule has 0 spiro atoms. The van der Waals surface area contributed by atoms with E-state index in [1.807, 2.05) is 13.0 Å². The van der Waals surface area contributed by atoms with Gasteiger partial charge in [-0.05, 0) is 61.0 Å². The maximum absolute atomic E-state index is 13.5. The highest BCUT2D eigenvalue weighted by Crippen LogP contribution is 2.33. The Hall–Kier alpha value is -4.34. The number of aromatic nitrogens is 3. The molecule has 2 N–H and O–H groups in total.